The average Bonchev–Trinajstić information content (AvgIpc) is 2.13. The van der Waals surface area contributed by atoms with Crippen LogP contribution in [0.2, 0.25) is 0 Å². The van der Waals surface area contributed by atoms with Crippen LogP contribution in [0, 0.1) is 12.7 Å². The molecule has 1 rings (SSSR count). The first-order valence-corrected chi connectivity index (χ1v) is 4.50. The maximum absolute atomic E-state index is 13.3. The highest BCUT2D eigenvalue weighted by atomic mass is 79.9. The summed E-state index contributed by atoms with van der Waals surface area (Å²) in [6.45, 7) is 1.40. The van der Waals surface area contributed by atoms with Gasteiger partial charge in [-0.1, -0.05) is 15.9 Å². The Hall–Kier alpha value is -0.840. The van der Waals surface area contributed by atoms with Crippen LogP contribution in [0.1, 0.15) is 27.9 Å². The van der Waals surface area contributed by atoms with Crippen molar-refractivity contribution in [3.05, 3.63) is 33.0 Å². The summed E-state index contributed by atoms with van der Waals surface area (Å²) < 4.78 is 38.2. The van der Waals surface area contributed by atoms with E-state index in [4.69, 9.17) is 0 Å². The summed E-state index contributed by atoms with van der Waals surface area (Å²) in [4.78, 5) is 10.4. The van der Waals surface area contributed by atoms with Crippen molar-refractivity contribution in [3.8, 4) is 0 Å². The number of alkyl halides is 2. The summed E-state index contributed by atoms with van der Waals surface area (Å²) in [6.07, 6.45) is -2.75. The van der Waals surface area contributed by atoms with E-state index in [1.165, 1.54) is 6.92 Å². The van der Waals surface area contributed by atoms with Crippen LogP contribution in [0.4, 0.5) is 13.2 Å². The molecule has 0 radical (unpaired) electrons. The topological polar surface area (TPSA) is 17.1 Å². The second kappa shape index (κ2) is 4.13. The van der Waals surface area contributed by atoms with Gasteiger partial charge < -0.3 is 0 Å². The van der Waals surface area contributed by atoms with Gasteiger partial charge in [-0.25, -0.2) is 13.2 Å². The molecule has 0 saturated heterocycles. The molecule has 0 unspecified atom stereocenters. The molecule has 1 nitrogen and oxygen atoms in total. The van der Waals surface area contributed by atoms with Crippen molar-refractivity contribution in [1.29, 1.82) is 0 Å². The summed E-state index contributed by atoms with van der Waals surface area (Å²) >= 11 is 2.94. The smallest absolute Gasteiger partial charge is 0.264 e. The van der Waals surface area contributed by atoms with Gasteiger partial charge in [0, 0.05) is 10.0 Å². The van der Waals surface area contributed by atoms with Gasteiger partial charge in [0.05, 0.1) is 5.56 Å². The molecular weight excluding hydrogens is 261 g/mol. The number of carbonyl (C=O) groups is 1. The van der Waals surface area contributed by atoms with E-state index in [1.807, 2.05) is 0 Å². The number of aldehydes is 1. The summed E-state index contributed by atoms with van der Waals surface area (Å²) in [5.74, 6) is -0.898. The van der Waals surface area contributed by atoms with Gasteiger partial charge in [0.1, 0.15) is 5.82 Å². The molecule has 76 valence electrons. The summed E-state index contributed by atoms with van der Waals surface area (Å²) in [5.41, 5.74) is -1.01. The minimum absolute atomic E-state index is 0.107. The van der Waals surface area contributed by atoms with Crippen molar-refractivity contribution in [3.63, 3.8) is 0 Å². The quantitative estimate of drug-likeness (QED) is 0.747. The number of carbonyl (C=O) groups excluding carboxylic acids is 1. The molecule has 0 N–H and O–H groups in total. The van der Waals surface area contributed by atoms with Crippen LogP contribution in [0.15, 0.2) is 10.5 Å². The zero-order valence-electron chi connectivity index (χ0n) is 7.15. The molecule has 0 fully saturated rings. The van der Waals surface area contributed by atoms with Crippen molar-refractivity contribution in [2.45, 2.75) is 13.3 Å². The Kier molecular flexibility index (Phi) is 3.31. The molecule has 0 aromatic heterocycles. The predicted molar refractivity (Wildman–Crippen MR) is 49.2 cm³/mol. The maximum atomic E-state index is 13.3. The Morgan fingerprint density at radius 2 is 2.07 bits per heavy atom. The zero-order valence-corrected chi connectivity index (χ0v) is 8.74. The van der Waals surface area contributed by atoms with Gasteiger partial charge in [0.15, 0.2) is 6.29 Å². The minimum Gasteiger partial charge on any atom is -0.298 e. The van der Waals surface area contributed by atoms with E-state index in [9.17, 15) is 18.0 Å². The van der Waals surface area contributed by atoms with Crippen molar-refractivity contribution >= 4 is 22.2 Å². The molecule has 0 aliphatic carbocycles. The van der Waals surface area contributed by atoms with E-state index in [0.717, 1.165) is 6.07 Å². The van der Waals surface area contributed by atoms with Crippen LogP contribution in [0.5, 0.6) is 0 Å². The number of rotatable bonds is 2. The zero-order chi connectivity index (χ0) is 10.9. The molecule has 14 heavy (non-hydrogen) atoms. The third-order valence-corrected chi connectivity index (χ3v) is 2.69. The molecule has 0 spiro atoms. The van der Waals surface area contributed by atoms with E-state index in [1.54, 1.807) is 0 Å². The van der Waals surface area contributed by atoms with Crippen LogP contribution >= 0.6 is 15.9 Å². The van der Waals surface area contributed by atoms with Crippen LogP contribution in [-0.4, -0.2) is 6.29 Å². The van der Waals surface area contributed by atoms with Gasteiger partial charge in [-0.05, 0) is 18.6 Å². The third kappa shape index (κ3) is 1.82. The van der Waals surface area contributed by atoms with Gasteiger partial charge in [-0.3, -0.25) is 4.79 Å². The highest BCUT2D eigenvalue weighted by Crippen LogP contribution is 2.30. The van der Waals surface area contributed by atoms with Crippen LogP contribution < -0.4 is 0 Å². The van der Waals surface area contributed by atoms with Crippen molar-refractivity contribution in [1.82, 2.24) is 0 Å². The summed E-state index contributed by atoms with van der Waals surface area (Å²) in [6, 6.07) is 1.06. The van der Waals surface area contributed by atoms with E-state index in [0.29, 0.717) is 0 Å². The van der Waals surface area contributed by atoms with Crippen molar-refractivity contribution < 1.29 is 18.0 Å². The van der Waals surface area contributed by atoms with Gasteiger partial charge in [0.2, 0.25) is 0 Å². The number of hydrogen-bond donors (Lipinski definition) is 0. The van der Waals surface area contributed by atoms with Crippen LogP contribution in [-0.2, 0) is 0 Å². The Bertz CT molecular complexity index is 377. The maximum Gasteiger partial charge on any atom is 0.264 e. The van der Waals surface area contributed by atoms with Gasteiger partial charge >= 0.3 is 0 Å². The molecule has 1 aromatic carbocycles. The normalized spacial score (nSPS) is 10.7. The van der Waals surface area contributed by atoms with Crippen molar-refractivity contribution in [2.75, 3.05) is 0 Å². The number of benzene rings is 1. The SMILES string of the molecule is Cc1c(Br)cc(C(F)F)c(C=O)c1F. The second-order valence-corrected chi connectivity index (χ2v) is 3.57. The molecule has 0 aliphatic heterocycles. The molecule has 0 atom stereocenters. The standard InChI is InChI=1S/C9H6BrF3O/c1-4-7(10)2-5(9(12)13)6(3-14)8(4)11/h2-3,9H,1H3. The lowest BCUT2D eigenvalue weighted by Crippen LogP contribution is -2.00. The highest BCUT2D eigenvalue weighted by molar-refractivity contribution is 9.10. The Morgan fingerprint density at radius 3 is 2.50 bits per heavy atom. The van der Waals surface area contributed by atoms with Crippen molar-refractivity contribution in [2.24, 2.45) is 0 Å². The molecule has 0 heterocycles. The first-order chi connectivity index (χ1) is 6.49. The third-order valence-electron chi connectivity index (χ3n) is 1.87. The first kappa shape index (κ1) is 11.2. The minimum atomic E-state index is -2.86. The van der Waals surface area contributed by atoms with Gasteiger partial charge in [0.25, 0.3) is 6.43 Å². The fourth-order valence-electron chi connectivity index (χ4n) is 1.06. The lowest BCUT2D eigenvalue weighted by molar-refractivity contribution is 0.110. The average molecular weight is 267 g/mol. The molecule has 5 heteroatoms. The lowest BCUT2D eigenvalue weighted by Gasteiger charge is -2.08. The molecule has 0 saturated carbocycles. The van der Waals surface area contributed by atoms with E-state index < -0.39 is 23.4 Å². The summed E-state index contributed by atoms with van der Waals surface area (Å²) in [5, 5.41) is 0. The highest BCUT2D eigenvalue weighted by Gasteiger charge is 2.19. The molecule has 1 aromatic rings. The lowest BCUT2D eigenvalue weighted by atomic mass is 10.0. The fraction of sp³-hybridized carbons (Fsp3) is 0.222. The molecular formula is C9H6BrF3O. The molecule has 0 aliphatic rings. The molecule has 0 amide bonds. The van der Waals surface area contributed by atoms with Gasteiger partial charge in [-0.2, -0.15) is 0 Å². The Morgan fingerprint density at radius 1 is 1.50 bits per heavy atom. The van der Waals surface area contributed by atoms with Crippen LogP contribution in [0.3, 0.4) is 0 Å². The molecule has 0 bridgehead atoms. The second-order valence-electron chi connectivity index (χ2n) is 2.72. The largest absolute Gasteiger partial charge is 0.298 e. The predicted octanol–water partition coefficient (Wildman–Crippen LogP) is 3.65. The van der Waals surface area contributed by atoms with Crippen LogP contribution in [0.25, 0.3) is 0 Å². The van der Waals surface area contributed by atoms with E-state index in [2.05, 4.69) is 15.9 Å². The monoisotopic (exact) mass is 266 g/mol. The Balaban J connectivity index is 3.51. The van der Waals surface area contributed by atoms with E-state index in [-0.39, 0.29) is 16.3 Å². The fourth-order valence-corrected chi connectivity index (χ4v) is 1.48. The van der Waals surface area contributed by atoms with Gasteiger partial charge in [-0.15, -0.1) is 0 Å². The summed E-state index contributed by atoms with van der Waals surface area (Å²) in [7, 11) is 0. The first-order valence-electron chi connectivity index (χ1n) is 3.70. The number of hydrogen-bond acceptors (Lipinski definition) is 1. The van der Waals surface area contributed by atoms with E-state index >= 15 is 0 Å². The number of halogens is 4. The Labute approximate surface area is 87.1 Å².